The number of nitrogens with zero attached hydrogens (tertiary/aromatic N) is 2. The van der Waals surface area contributed by atoms with Gasteiger partial charge in [0.25, 0.3) is 0 Å². The van der Waals surface area contributed by atoms with Crippen LogP contribution >= 0.6 is 0 Å². The van der Waals surface area contributed by atoms with Crippen LogP contribution in [-0.2, 0) is 0 Å². The lowest BCUT2D eigenvalue weighted by Crippen LogP contribution is -2.18. The van der Waals surface area contributed by atoms with Crippen molar-refractivity contribution in [3.05, 3.63) is 11.7 Å². The van der Waals surface area contributed by atoms with Crippen LogP contribution in [-0.4, -0.2) is 16.7 Å². The molecule has 3 aliphatic rings. The van der Waals surface area contributed by atoms with Gasteiger partial charge in [-0.2, -0.15) is 4.98 Å². The highest BCUT2D eigenvalue weighted by Gasteiger charge is 2.42. The molecule has 4 rings (SSSR count). The van der Waals surface area contributed by atoms with E-state index in [4.69, 9.17) is 9.51 Å². The summed E-state index contributed by atoms with van der Waals surface area (Å²) in [6, 6.07) is 0.326. The lowest BCUT2D eigenvalue weighted by atomic mass is 9.94. The summed E-state index contributed by atoms with van der Waals surface area (Å²) in [6.45, 7) is 3.45. The van der Waals surface area contributed by atoms with Crippen molar-refractivity contribution in [1.82, 2.24) is 15.5 Å². The van der Waals surface area contributed by atoms with Gasteiger partial charge < -0.3 is 9.84 Å². The van der Waals surface area contributed by atoms with Crippen LogP contribution in [0.25, 0.3) is 0 Å². The van der Waals surface area contributed by atoms with Gasteiger partial charge in [0.1, 0.15) is 0 Å². The van der Waals surface area contributed by atoms with Gasteiger partial charge in [0.05, 0.1) is 6.04 Å². The quantitative estimate of drug-likeness (QED) is 0.889. The maximum Gasteiger partial charge on any atom is 0.244 e. The van der Waals surface area contributed by atoms with Crippen molar-refractivity contribution in [2.75, 3.05) is 6.54 Å². The topological polar surface area (TPSA) is 51.0 Å². The minimum Gasteiger partial charge on any atom is -0.338 e. The number of fused-ring (bicyclic) bond motifs is 1. The third kappa shape index (κ3) is 2.00. The van der Waals surface area contributed by atoms with Crippen molar-refractivity contribution in [1.29, 1.82) is 0 Å². The van der Waals surface area contributed by atoms with E-state index < -0.39 is 0 Å². The molecule has 0 bridgehead atoms. The van der Waals surface area contributed by atoms with Crippen molar-refractivity contribution in [2.45, 2.75) is 57.4 Å². The Labute approximate surface area is 114 Å². The van der Waals surface area contributed by atoms with E-state index in [9.17, 15) is 0 Å². The van der Waals surface area contributed by atoms with E-state index in [0.717, 1.165) is 36.0 Å². The van der Waals surface area contributed by atoms with Crippen molar-refractivity contribution >= 4 is 0 Å². The maximum atomic E-state index is 5.58. The van der Waals surface area contributed by atoms with E-state index in [2.05, 4.69) is 17.4 Å². The first kappa shape index (κ1) is 11.9. The van der Waals surface area contributed by atoms with Gasteiger partial charge in [0.2, 0.25) is 5.89 Å². The predicted molar refractivity (Wildman–Crippen MR) is 71.6 cm³/mol. The van der Waals surface area contributed by atoms with E-state index >= 15 is 0 Å². The highest BCUT2D eigenvalue weighted by molar-refractivity contribution is 5.06. The molecule has 1 N–H and O–H groups in total. The molecule has 0 radical (unpaired) electrons. The second kappa shape index (κ2) is 4.58. The molecule has 0 amide bonds. The molecule has 5 atom stereocenters. The zero-order valence-corrected chi connectivity index (χ0v) is 11.6. The third-order valence-electron chi connectivity index (χ3n) is 5.53. The zero-order chi connectivity index (χ0) is 12.8. The van der Waals surface area contributed by atoms with Gasteiger partial charge in [0, 0.05) is 5.92 Å². The third-order valence-corrected chi connectivity index (χ3v) is 5.53. The summed E-state index contributed by atoms with van der Waals surface area (Å²) < 4.78 is 5.58. The summed E-state index contributed by atoms with van der Waals surface area (Å²) in [7, 11) is 0. The molecule has 19 heavy (non-hydrogen) atoms. The fourth-order valence-corrected chi connectivity index (χ4v) is 4.44. The van der Waals surface area contributed by atoms with E-state index in [1.165, 1.54) is 38.5 Å². The Balaban J connectivity index is 1.52. The highest BCUT2D eigenvalue weighted by Crippen LogP contribution is 2.44. The number of hydrogen-bond donors (Lipinski definition) is 1. The van der Waals surface area contributed by atoms with E-state index in [1.54, 1.807) is 0 Å². The summed E-state index contributed by atoms with van der Waals surface area (Å²) in [6.07, 6.45) is 7.82. The second-order valence-electron chi connectivity index (χ2n) is 6.85. The van der Waals surface area contributed by atoms with Crippen LogP contribution < -0.4 is 5.32 Å². The smallest absolute Gasteiger partial charge is 0.244 e. The molecular weight excluding hydrogens is 238 g/mol. The molecule has 0 spiro atoms. The fraction of sp³-hybridized carbons (Fsp3) is 0.867. The fourth-order valence-electron chi connectivity index (χ4n) is 4.44. The second-order valence-corrected chi connectivity index (χ2v) is 6.85. The number of rotatable bonds is 2. The van der Waals surface area contributed by atoms with E-state index in [1.807, 2.05) is 0 Å². The number of nitrogens with one attached hydrogen (secondary N) is 1. The van der Waals surface area contributed by atoms with Gasteiger partial charge in [-0.05, 0) is 56.4 Å². The van der Waals surface area contributed by atoms with E-state index in [-0.39, 0.29) is 0 Å². The first-order chi connectivity index (χ1) is 9.31. The van der Waals surface area contributed by atoms with Crippen molar-refractivity contribution in [3.63, 3.8) is 0 Å². The molecule has 3 fully saturated rings. The van der Waals surface area contributed by atoms with Gasteiger partial charge in [0.15, 0.2) is 5.82 Å². The van der Waals surface area contributed by atoms with Crippen LogP contribution in [0.3, 0.4) is 0 Å². The highest BCUT2D eigenvalue weighted by atomic mass is 16.5. The number of hydrogen-bond acceptors (Lipinski definition) is 4. The van der Waals surface area contributed by atoms with Gasteiger partial charge in [-0.1, -0.05) is 18.5 Å². The molecule has 2 saturated carbocycles. The summed E-state index contributed by atoms with van der Waals surface area (Å²) in [5, 5.41) is 7.86. The average molecular weight is 261 g/mol. The minimum absolute atomic E-state index is 0.326. The summed E-state index contributed by atoms with van der Waals surface area (Å²) in [5.41, 5.74) is 0. The van der Waals surface area contributed by atoms with Crippen LogP contribution in [0.1, 0.15) is 69.1 Å². The molecule has 5 unspecified atom stereocenters. The first-order valence-corrected chi connectivity index (χ1v) is 7.88. The zero-order valence-electron chi connectivity index (χ0n) is 11.6. The largest absolute Gasteiger partial charge is 0.338 e. The molecule has 1 saturated heterocycles. The Hall–Kier alpha value is -0.900. The lowest BCUT2D eigenvalue weighted by Gasteiger charge is -2.13. The standard InChI is InChI=1S/C15H23N3O/c1-9-5-6-10(7-9)14-17-15(19-18-14)13-12-4-2-3-11(12)8-16-13/h9-13,16H,2-8H2,1H3. The Bertz CT molecular complexity index is 458. The monoisotopic (exact) mass is 261 g/mol. The van der Waals surface area contributed by atoms with Crippen molar-refractivity contribution in [2.24, 2.45) is 17.8 Å². The molecule has 2 aliphatic carbocycles. The van der Waals surface area contributed by atoms with Crippen LogP contribution in [0.5, 0.6) is 0 Å². The molecule has 2 heterocycles. The Morgan fingerprint density at radius 2 is 2.16 bits per heavy atom. The van der Waals surface area contributed by atoms with Crippen LogP contribution in [0.15, 0.2) is 4.52 Å². The normalized spacial score (nSPS) is 41.8. The summed E-state index contributed by atoms with van der Waals surface area (Å²) >= 11 is 0. The van der Waals surface area contributed by atoms with Gasteiger partial charge in [-0.3, -0.25) is 0 Å². The van der Waals surface area contributed by atoms with Gasteiger partial charge in [-0.15, -0.1) is 0 Å². The van der Waals surface area contributed by atoms with Crippen LogP contribution in [0.4, 0.5) is 0 Å². The molecule has 4 nitrogen and oxygen atoms in total. The van der Waals surface area contributed by atoms with Gasteiger partial charge in [-0.25, -0.2) is 0 Å². The molecule has 104 valence electrons. The Kier molecular flexibility index (Phi) is 2.87. The minimum atomic E-state index is 0.326. The molecular formula is C15H23N3O. The molecule has 0 aromatic carbocycles. The Morgan fingerprint density at radius 3 is 3.00 bits per heavy atom. The Morgan fingerprint density at radius 1 is 1.21 bits per heavy atom. The summed E-state index contributed by atoms with van der Waals surface area (Å²) in [4.78, 5) is 4.73. The first-order valence-electron chi connectivity index (χ1n) is 7.88. The number of aromatic nitrogens is 2. The molecule has 1 aromatic rings. The average Bonchev–Trinajstić information content (AvgIpc) is 3.11. The van der Waals surface area contributed by atoms with Crippen molar-refractivity contribution < 1.29 is 4.52 Å². The lowest BCUT2D eigenvalue weighted by molar-refractivity contribution is 0.299. The van der Waals surface area contributed by atoms with Crippen molar-refractivity contribution in [3.8, 4) is 0 Å². The van der Waals surface area contributed by atoms with E-state index in [0.29, 0.717) is 12.0 Å². The summed E-state index contributed by atoms with van der Waals surface area (Å²) in [5.74, 6) is 4.73. The SMILES string of the molecule is CC1CCC(c2noc(C3NCC4CCCC43)n2)C1. The molecule has 4 heteroatoms. The predicted octanol–water partition coefficient (Wildman–Crippen LogP) is 3.03. The van der Waals surface area contributed by atoms with Crippen LogP contribution in [0.2, 0.25) is 0 Å². The molecule has 1 aliphatic heterocycles. The molecule has 1 aromatic heterocycles. The maximum absolute atomic E-state index is 5.58. The van der Waals surface area contributed by atoms with Gasteiger partial charge >= 0.3 is 0 Å². The van der Waals surface area contributed by atoms with Crippen LogP contribution in [0, 0.1) is 17.8 Å².